The Labute approximate surface area is 112 Å². The fraction of sp³-hybridized carbons (Fsp3) is 0.385. The molecule has 0 saturated heterocycles. The second-order valence-corrected chi connectivity index (χ2v) is 5.09. The first-order valence-electron chi connectivity index (χ1n) is 5.61. The van der Waals surface area contributed by atoms with E-state index in [1.807, 2.05) is 20.8 Å². The van der Waals surface area contributed by atoms with Crippen LogP contribution in [0.25, 0.3) is 6.08 Å². The van der Waals surface area contributed by atoms with Crippen molar-refractivity contribution >= 4 is 23.8 Å². The standard InChI is InChI=1S/C13H17ClN2O2/c1-13(2,3)18-12(17)16-7-4-5-10-9-15-8-6-11(10)14/h4-6,8-9H,7H2,1-3H3,(H,16,17). The van der Waals surface area contributed by atoms with Crippen LogP contribution in [0.2, 0.25) is 5.02 Å². The molecule has 1 rings (SSSR count). The highest BCUT2D eigenvalue weighted by Gasteiger charge is 2.14. The molecule has 0 aromatic carbocycles. The van der Waals surface area contributed by atoms with E-state index in [-0.39, 0.29) is 0 Å². The maximum absolute atomic E-state index is 11.3. The van der Waals surface area contributed by atoms with Gasteiger partial charge in [-0.25, -0.2) is 4.79 Å². The summed E-state index contributed by atoms with van der Waals surface area (Å²) in [6, 6.07) is 1.71. The Morgan fingerprint density at radius 1 is 1.56 bits per heavy atom. The number of pyridine rings is 1. The minimum atomic E-state index is -0.486. The Morgan fingerprint density at radius 3 is 2.89 bits per heavy atom. The van der Waals surface area contributed by atoms with Crippen molar-refractivity contribution in [2.24, 2.45) is 0 Å². The molecule has 0 aliphatic rings. The highest BCUT2D eigenvalue weighted by molar-refractivity contribution is 6.32. The number of nitrogens with zero attached hydrogens (tertiary/aromatic N) is 1. The maximum Gasteiger partial charge on any atom is 0.407 e. The molecule has 18 heavy (non-hydrogen) atoms. The summed E-state index contributed by atoms with van der Waals surface area (Å²) in [7, 11) is 0. The van der Waals surface area contributed by atoms with Gasteiger partial charge in [-0.15, -0.1) is 0 Å². The Morgan fingerprint density at radius 2 is 2.28 bits per heavy atom. The summed E-state index contributed by atoms with van der Waals surface area (Å²) in [6.45, 7) is 5.83. The van der Waals surface area contributed by atoms with E-state index in [0.717, 1.165) is 5.56 Å². The molecule has 0 radical (unpaired) electrons. The van der Waals surface area contributed by atoms with Gasteiger partial charge in [-0.05, 0) is 26.8 Å². The lowest BCUT2D eigenvalue weighted by Gasteiger charge is -2.19. The van der Waals surface area contributed by atoms with E-state index >= 15 is 0 Å². The van der Waals surface area contributed by atoms with E-state index in [1.165, 1.54) is 0 Å². The van der Waals surface area contributed by atoms with Gasteiger partial charge >= 0.3 is 6.09 Å². The lowest BCUT2D eigenvalue weighted by atomic mass is 10.2. The quantitative estimate of drug-likeness (QED) is 0.915. The van der Waals surface area contributed by atoms with E-state index in [9.17, 15) is 4.79 Å². The van der Waals surface area contributed by atoms with Gasteiger partial charge in [0.05, 0.1) is 5.02 Å². The molecule has 0 unspecified atom stereocenters. The van der Waals surface area contributed by atoms with Crippen LogP contribution in [0.5, 0.6) is 0 Å². The topological polar surface area (TPSA) is 51.2 Å². The number of aromatic nitrogens is 1. The molecule has 0 aliphatic carbocycles. The zero-order chi connectivity index (χ0) is 13.6. The molecule has 4 nitrogen and oxygen atoms in total. The number of carbonyl (C=O) groups is 1. The van der Waals surface area contributed by atoms with Gasteiger partial charge < -0.3 is 10.1 Å². The fourth-order valence-corrected chi connectivity index (χ4v) is 1.32. The van der Waals surface area contributed by atoms with Crippen molar-refractivity contribution in [1.82, 2.24) is 10.3 Å². The maximum atomic E-state index is 11.3. The number of hydrogen-bond acceptors (Lipinski definition) is 3. The minimum Gasteiger partial charge on any atom is -0.444 e. The van der Waals surface area contributed by atoms with Crippen LogP contribution in [-0.2, 0) is 4.74 Å². The van der Waals surface area contributed by atoms with E-state index in [2.05, 4.69) is 10.3 Å². The summed E-state index contributed by atoms with van der Waals surface area (Å²) in [4.78, 5) is 15.3. The monoisotopic (exact) mass is 268 g/mol. The lowest BCUT2D eigenvalue weighted by molar-refractivity contribution is 0.0534. The molecule has 0 spiro atoms. The van der Waals surface area contributed by atoms with Crippen LogP contribution in [0.4, 0.5) is 4.79 Å². The van der Waals surface area contributed by atoms with Crippen molar-refractivity contribution in [3.05, 3.63) is 35.1 Å². The van der Waals surface area contributed by atoms with Gasteiger partial charge in [-0.3, -0.25) is 4.98 Å². The van der Waals surface area contributed by atoms with Crippen LogP contribution in [0.3, 0.4) is 0 Å². The van der Waals surface area contributed by atoms with Gasteiger partial charge in [0.15, 0.2) is 0 Å². The molecule has 0 aliphatic heterocycles. The van der Waals surface area contributed by atoms with Crippen molar-refractivity contribution in [3.63, 3.8) is 0 Å². The van der Waals surface area contributed by atoms with Crippen molar-refractivity contribution in [2.45, 2.75) is 26.4 Å². The highest BCUT2D eigenvalue weighted by atomic mass is 35.5. The van der Waals surface area contributed by atoms with Crippen LogP contribution in [-0.4, -0.2) is 23.2 Å². The third-order valence-corrected chi connectivity index (χ3v) is 2.20. The van der Waals surface area contributed by atoms with Crippen LogP contribution < -0.4 is 5.32 Å². The normalized spacial score (nSPS) is 11.6. The van der Waals surface area contributed by atoms with Crippen molar-refractivity contribution in [1.29, 1.82) is 0 Å². The second kappa shape index (κ2) is 6.40. The molecule has 1 N–H and O–H groups in total. The summed E-state index contributed by atoms with van der Waals surface area (Å²) in [5, 5.41) is 3.24. The van der Waals surface area contributed by atoms with E-state index in [1.54, 1.807) is 30.6 Å². The molecule has 0 fully saturated rings. The number of halogens is 1. The summed E-state index contributed by atoms with van der Waals surface area (Å²) in [6.07, 6.45) is 6.43. The average Bonchev–Trinajstić information content (AvgIpc) is 2.24. The van der Waals surface area contributed by atoms with E-state index in [0.29, 0.717) is 11.6 Å². The molecule has 0 bridgehead atoms. The zero-order valence-electron chi connectivity index (χ0n) is 10.7. The second-order valence-electron chi connectivity index (χ2n) is 4.68. The van der Waals surface area contributed by atoms with Crippen molar-refractivity contribution < 1.29 is 9.53 Å². The molecule has 1 aromatic heterocycles. The molecule has 1 heterocycles. The largest absolute Gasteiger partial charge is 0.444 e. The first kappa shape index (κ1) is 14.5. The molecular weight excluding hydrogens is 252 g/mol. The number of alkyl carbamates (subject to hydrolysis) is 1. The van der Waals surface area contributed by atoms with Crippen LogP contribution >= 0.6 is 11.6 Å². The number of hydrogen-bond donors (Lipinski definition) is 1. The Bertz CT molecular complexity index is 439. The minimum absolute atomic E-state index is 0.375. The summed E-state index contributed by atoms with van der Waals surface area (Å²) < 4.78 is 5.09. The highest BCUT2D eigenvalue weighted by Crippen LogP contribution is 2.14. The van der Waals surface area contributed by atoms with E-state index in [4.69, 9.17) is 16.3 Å². The van der Waals surface area contributed by atoms with Gasteiger partial charge in [0.2, 0.25) is 0 Å². The first-order valence-corrected chi connectivity index (χ1v) is 5.99. The molecule has 0 atom stereocenters. The van der Waals surface area contributed by atoms with Crippen molar-refractivity contribution in [3.8, 4) is 0 Å². The van der Waals surface area contributed by atoms with Gasteiger partial charge in [0, 0.05) is 24.5 Å². The third kappa shape index (κ3) is 5.68. The number of nitrogens with one attached hydrogen (secondary N) is 1. The molecule has 1 amide bonds. The van der Waals surface area contributed by atoms with Crippen LogP contribution in [0.1, 0.15) is 26.3 Å². The van der Waals surface area contributed by atoms with E-state index < -0.39 is 11.7 Å². The Hall–Kier alpha value is -1.55. The van der Waals surface area contributed by atoms with Crippen LogP contribution in [0.15, 0.2) is 24.5 Å². The zero-order valence-corrected chi connectivity index (χ0v) is 11.5. The fourth-order valence-electron chi connectivity index (χ4n) is 1.15. The SMILES string of the molecule is CC(C)(C)OC(=O)NCC=Cc1cnccc1Cl. The number of carbonyl (C=O) groups excluding carboxylic acids is 1. The Kier molecular flexibility index (Phi) is 5.16. The Balaban J connectivity index is 2.38. The predicted octanol–water partition coefficient (Wildman–Crippen LogP) is 3.27. The molecule has 98 valence electrons. The number of ether oxygens (including phenoxy) is 1. The third-order valence-electron chi connectivity index (χ3n) is 1.86. The summed E-state index contributed by atoms with van der Waals surface area (Å²) in [5.74, 6) is 0. The summed E-state index contributed by atoms with van der Waals surface area (Å²) in [5.41, 5.74) is 0.325. The molecular formula is C13H17ClN2O2. The molecule has 5 heteroatoms. The molecule has 0 saturated carbocycles. The van der Waals surface area contributed by atoms with Gasteiger partial charge in [0.1, 0.15) is 5.60 Å². The molecule has 1 aromatic rings. The predicted molar refractivity (Wildman–Crippen MR) is 72.5 cm³/mol. The first-order chi connectivity index (χ1) is 8.38. The van der Waals surface area contributed by atoms with Gasteiger partial charge in [0.25, 0.3) is 0 Å². The van der Waals surface area contributed by atoms with Gasteiger partial charge in [-0.1, -0.05) is 23.8 Å². The smallest absolute Gasteiger partial charge is 0.407 e. The van der Waals surface area contributed by atoms with Gasteiger partial charge in [-0.2, -0.15) is 0 Å². The average molecular weight is 269 g/mol. The van der Waals surface area contributed by atoms with Crippen LogP contribution in [0, 0.1) is 0 Å². The summed E-state index contributed by atoms with van der Waals surface area (Å²) >= 11 is 5.95. The number of amides is 1. The number of rotatable bonds is 3. The lowest BCUT2D eigenvalue weighted by Crippen LogP contribution is -2.32. The van der Waals surface area contributed by atoms with Crippen molar-refractivity contribution in [2.75, 3.05) is 6.54 Å².